The summed E-state index contributed by atoms with van der Waals surface area (Å²) >= 11 is 5.90. The number of rotatable bonds is 5. The average molecular weight is 230 g/mol. The van der Waals surface area contributed by atoms with Crippen molar-refractivity contribution in [3.05, 3.63) is 29.3 Å². The van der Waals surface area contributed by atoms with E-state index < -0.39 is 0 Å². The summed E-state index contributed by atoms with van der Waals surface area (Å²) in [6, 6.07) is 7.67. The molecule has 0 aromatic heterocycles. The molecule has 1 rings (SSSR count). The van der Waals surface area contributed by atoms with Crippen molar-refractivity contribution in [1.29, 1.82) is 0 Å². The standard InChI is InChI=1S/C11H16ClNO2/c1-13(8-11(14-2)15-3)10-6-4-5-9(12)7-10/h4-7,11H,8H2,1-3H3. The van der Waals surface area contributed by atoms with Crippen LogP contribution in [0, 0.1) is 0 Å². The lowest BCUT2D eigenvalue weighted by atomic mass is 10.3. The number of hydrogen-bond donors (Lipinski definition) is 0. The number of benzene rings is 1. The van der Waals surface area contributed by atoms with Crippen LogP contribution >= 0.6 is 11.6 Å². The summed E-state index contributed by atoms with van der Waals surface area (Å²) in [5.74, 6) is 0. The summed E-state index contributed by atoms with van der Waals surface area (Å²) in [4.78, 5) is 2.03. The Labute approximate surface area is 95.5 Å². The van der Waals surface area contributed by atoms with E-state index in [1.54, 1.807) is 14.2 Å². The van der Waals surface area contributed by atoms with Crippen LogP contribution in [0.5, 0.6) is 0 Å². The summed E-state index contributed by atoms with van der Waals surface area (Å²) in [5, 5.41) is 0.728. The van der Waals surface area contributed by atoms with Gasteiger partial charge in [-0.25, -0.2) is 0 Å². The summed E-state index contributed by atoms with van der Waals surface area (Å²) < 4.78 is 10.2. The first kappa shape index (κ1) is 12.3. The molecule has 0 radical (unpaired) electrons. The van der Waals surface area contributed by atoms with Crippen LogP contribution in [-0.2, 0) is 9.47 Å². The minimum Gasteiger partial charge on any atom is -0.369 e. The van der Waals surface area contributed by atoms with Gasteiger partial charge in [-0.1, -0.05) is 17.7 Å². The number of likely N-dealkylation sites (N-methyl/N-ethyl adjacent to an activating group) is 1. The van der Waals surface area contributed by atoms with E-state index in [1.807, 2.05) is 36.2 Å². The highest BCUT2D eigenvalue weighted by molar-refractivity contribution is 6.30. The van der Waals surface area contributed by atoms with Gasteiger partial charge < -0.3 is 14.4 Å². The van der Waals surface area contributed by atoms with Crippen LogP contribution in [0.2, 0.25) is 5.02 Å². The molecule has 15 heavy (non-hydrogen) atoms. The highest BCUT2D eigenvalue weighted by Gasteiger charge is 2.09. The predicted molar refractivity (Wildman–Crippen MR) is 62.5 cm³/mol. The van der Waals surface area contributed by atoms with Gasteiger partial charge in [0.1, 0.15) is 0 Å². The molecule has 0 aliphatic rings. The van der Waals surface area contributed by atoms with Gasteiger partial charge in [-0.2, -0.15) is 0 Å². The second-order valence-corrected chi connectivity index (χ2v) is 3.70. The molecule has 1 aromatic carbocycles. The Kier molecular flexibility index (Phi) is 4.88. The van der Waals surface area contributed by atoms with E-state index in [4.69, 9.17) is 21.1 Å². The van der Waals surface area contributed by atoms with Crippen LogP contribution in [0.3, 0.4) is 0 Å². The molecule has 0 bridgehead atoms. The quantitative estimate of drug-likeness (QED) is 0.724. The minimum absolute atomic E-state index is 0.228. The molecule has 0 aliphatic carbocycles. The van der Waals surface area contributed by atoms with Crippen LogP contribution in [0.25, 0.3) is 0 Å². The van der Waals surface area contributed by atoms with Crippen LogP contribution in [0.1, 0.15) is 0 Å². The van der Waals surface area contributed by atoms with Gasteiger partial charge in [0.05, 0.1) is 6.54 Å². The zero-order valence-electron chi connectivity index (χ0n) is 9.24. The molecule has 0 amide bonds. The van der Waals surface area contributed by atoms with Crippen molar-refractivity contribution in [3.8, 4) is 0 Å². The van der Waals surface area contributed by atoms with Crippen molar-refractivity contribution in [2.75, 3.05) is 32.7 Å². The molecule has 0 heterocycles. The average Bonchev–Trinajstić information content (AvgIpc) is 2.25. The summed E-state index contributed by atoms with van der Waals surface area (Å²) in [6.45, 7) is 0.660. The second-order valence-electron chi connectivity index (χ2n) is 3.26. The molecule has 84 valence electrons. The molecule has 0 N–H and O–H groups in total. The Morgan fingerprint density at radius 2 is 2.00 bits per heavy atom. The van der Waals surface area contributed by atoms with E-state index in [-0.39, 0.29) is 6.29 Å². The molecule has 0 atom stereocenters. The van der Waals surface area contributed by atoms with Crippen LogP contribution in [0.15, 0.2) is 24.3 Å². The van der Waals surface area contributed by atoms with E-state index in [1.165, 1.54) is 0 Å². The molecule has 0 saturated heterocycles. The molecule has 0 aliphatic heterocycles. The van der Waals surface area contributed by atoms with Crippen molar-refractivity contribution < 1.29 is 9.47 Å². The van der Waals surface area contributed by atoms with Gasteiger partial charge in [0.2, 0.25) is 0 Å². The largest absolute Gasteiger partial charge is 0.369 e. The number of hydrogen-bond acceptors (Lipinski definition) is 3. The van der Waals surface area contributed by atoms with E-state index >= 15 is 0 Å². The lowest BCUT2D eigenvalue weighted by Crippen LogP contribution is -2.31. The van der Waals surface area contributed by atoms with Crippen molar-refractivity contribution in [2.45, 2.75) is 6.29 Å². The smallest absolute Gasteiger partial charge is 0.174 e. The predicted octanol–water partition coefficient (Wildman–Crippen LogP) is 2.40. The number of nitrogens with zero attached hydrogens (tertiary/aromatic N) is 1. The van der Waals surface area contributed by atoms with Gasteiger partial charge in [-0.3, -0.25) is 0 Å². The van der Waals surface area contributed by atoms with Crippen LogP contribution in [-0.4, -0.2) is 34.1 Å². The van der Waals surface area contributed by atoms with Crippen molar-refractivity contribution in [3.63, 3.8) is 0 Å². The molecule has 1 aromatic rings. The normalized spacial score (nSPS) is 10.7. The Morgan fingerprint density at radius 1 is 1.33 bits per heavy atom. The fraction of sp³-hybridized carbons (Fsp3) is 0.455. The van der Waals surface area contributed by atoms with Crippen molar-refractivity contribution >= 4 is 17.3 Å². The van der Waals surface area contributed by atoms with Gasteiger partial charge in [0.15, 0.2) is 6.29 Å². The molecule has 4 heteroatoms. The molecule has 0 unspecified atom stereocenters. The number of ether oxygens (including phenoxy) is 2. The SMILES string of the molecule is COC(CN(C)c1cccc(Cl)c1)OC. The van der Waals surface area contributed by atoms with Crippen LogP contribution in [0.4, 0.5) is 5.69 Å². The first-order chi connectivity index (χ1) is 7.17. The number of halogens is 1. The van der Waals surface area contributed by atoms with Gasteiger partial charge in [-0.15, -0.1) is 0 Å². The third-order valence-electron chi connectivity index (χ3n) is 2.20. The topological polar surface area (TPSA) is 21.7 Å². The van der Waals surface area contributed by atoms with Crippen molar-refractivity contribution in [2.24, 2.45) is 0 Å². The van der Waals surface area contributed by atoms with Gasteiger partial charge in [0.25, 0.3) is 0 Å². The Morgan fingerprint density at radius 3 is 2.53 bits per heavy atom. The third kappa shape index (κ3) is 3.70. The summed E-state index contributed by atoms with van der Waals surface area (Å²) in [6.07, 6.45) is -0.228. The zero-order chi connectivity index (χ0) is 11.3. The lowest BCUT2D eigenvalue weighted by Gasteiger charge is -2.23. The molecule has 0 fully saturated rings. The van der Waals surface area contributed by atoms with E-state index in [9.17, 15) is 0 Å². The van der Waals surface area contributed by atoms with E-state index in [0.717, 1.165) is 10.7 Å². The lowest BCUT2D eigenvalue weighted by molar-refractivity contribution is -0.0944. The van der Waals surface area contributed by atoms with Gasteiger partial charge in [-0.05, 0) is 18.2 Å². The second kappa shape index (κ2) is 5.95. The first-order valence-corrected chi connectivity index (χ1v) is 5.07. The highest BCUT2D eigenvalue weighted by atomic mass is 35.5. The van der Waals surface area contributed by atoms with Gasteiger partial charge in [0, 0.05) is 32.0 Å². The Bertz CT molecular complexity index is 302. The molecule has 0 spiro atoms. The molecule has 0 saturated carbocycles. The van der Waals surface area contributed by atoms with E-state index in [2.05, 4.69) is 0 Å². The number of anilines is 1. The maximum Gasteiger partial charge on any atom is 0.174 e. The molecule has 3 nitrogen and oxygen atoms in total. The first-order valence-electron chi connectivity index (χ1n) is 4.69. The summed E-state index contributed by atoms with van der Waals surface area (Å²) in [7, 11) is 5.22. The zero-order valence-corrected chi connectivity index (χ0v) is 9.99. The number of methoxy groups -OCH3 is 2. The highest BCUT2D eigenvalue weighted by Crippen LogP contribution is 2.18. The maximum absolute atomic E-state index is 5.90. The maximum atomic E-state index is 5.90. The minimum atomic E-state index is -0.228. The van der Waals surface area contributed by atoms with Gasteiger partial charge >= 0.3 is 0 Å². The molecular formula is C11H16ClNO2. The monoisotopic (exact) mass is 229 g/mol. The Hall–Kier alpha value is -0.770. The summed E-state index contributed by atoms with van der Waals surface area (Å²) in [5.41, 5.74) is 1.04. The van der Waals surface area contributed by atoms with Crippen LogP contribution < -0.4 is 4.90 Å². The fourth-order valence-electron chi connectivity index (χ4n) is 1.29. The molecular weight excluding hydrogens is 214 g/mol. The third-order valence-corrected chi connectivity index (χ3v) is 2.43. The fourth-order valence-corrected chi connectivity index (χ4v) is 1.47. The van der Waals surface area contributed by atoms with E-state index in [0.29, 0.717) is 6.54 Å². The Balaban J connectivity index is 2.64. The van der Waals surface area contributed by atoms with Crippen molar-refractivity contribution in [1.82, 2.24) is 0 Å².